The Morgan fingerprint density at radius 2 is 1.70 bits per heavy atom. The number of sulfonamides is 1. The molecular formula is C20H20ClNO7S. The molecular weight excluding hydrogens is 434 g/mol. The molecule has 0 bridgehead atoms. The number of rotatable bonds is 7. The lowest BCUT2D eigenvalue weighted by atomic mass is 10.1. The molecule has 1 heterocycles. The van der Waals surface area contributed by atoms with E-state index in [4.69, 9.17) is 25.8 Å². The number of methoxy groups -OCH3 is 1. The summed E-state index contributed by atoms with van der Waals surface area (Å²) in [5.41, 5.74) is 0.337. The summed E-state index contributed by atoms with van der Waals surface area (Å²) >= 11 is 5.79. The van der Waals surface area contributed by atoms with E-state index in [-0.39, 0.29) is 42.5 Å². The summed E-state index contributed by atoms with van der Waals surface area (Å²) in [4.78, 5) is 24.4. The highest BCUT2D eigenvalue weighted by Crippen LogP contribution is 2.28. The second-order valence-electron chi connectivity index (χ2n) is 6.39. The minimum atomic E-state index is -3.90. The lowest BCUT2D eigenvalue weighted by molar-refractivity contribution is 0.0474. The number of morpholine rings is 1. The third-order valence-electron chi connectivity index (χ3n) is 4.49. The summed E-state index contributed by atoms with van der Waals surface area (Å²) in [5.74, 6) is -1.12. The van der Waals surface area contributed by atoms with Crippen molar-refractivity contribution in [1.29, 1.82) is 0 Å². The molecule has 2 aromatic rings. The van der Waals surface area contributed by atoms with Crippen LogP contribution < -0.4 is 4.74 Å². The van der Waals surface area contributed by atoms with Gasteiger partial charge in [-0.2, -0.15) is 4.31 Å². The zero-order valence-corrected chi connectivity index (χ0v) is 17.7. The van der Waals surface area contributed by atoms with Crippen molar-refractivity contribution in [2.24, 2.45) is 0 Å². The number of ether oxygens (including phenoxy) is 3. The van der Waals surface area contributed by atoms with Gasteiger partial charge in [-0.1, -0.05) is 11.6 Å². The van der Waals surface area contributed by atoms with Crippen LogP contribution in [0.25, 0.3) is 0 Å². The number of nitrogens with zero attached hydrogens (tertiary/aromatic N) is 1. The van der Waals surface area contributed by atoms with Crippen molar-refractivity contribution in [1.82, 2.24) is 4.31 Å². The monoisotopic (exact) mass is 453 g/mol. The predicted molar refractivity (Wildman–Crippen MR) is 109 cm³/mol. The Bertz CT molecular complexity index is 1030. The van der Waals surface area contributed by atoms with Crippen molar-refractivity contribution in [2.45, 2.75) is 4.90 Å². The molecule has 0 spiro atoms. The standard InChI is InChI=1S/C20H20ClNO7S/c1-27-18-7-4-15(12-19(18)30(25,26)22-8-10-28-11-9-22)20(24)29-13-17(23)14-2-5-16(21)6-3-14/h2-7,12H,8-11,13H2,1H3. The third kappa shape index (κ3) is 4.99. The number of carbonyl (C=O) groups excluding carboxylic acids is 2. The Morgan fingerprint density at radius 1 is 1.07 bits per heavy atom. The molecule has 0 N–H and O–H groups in total. The van der Waals surface area contributed by atoms with Gasteiger partial charge in [-0.25, -0.2) is 13.2 Å². The van der Waals surface area contributed by atoms with E-state index in [1.165, 1.54) is 41.7 Å². The molecule has 30 heavy (non-hydrogen) atoms. The first kappa shape index (κ1) is 22.2. The Hall–Kier alpha value is -2.46. The van der Waals surface area contributed by atoms with Crippen LogP contribution in [-0.4, -0.2) is 64.5 Å². The average molecular weight is 454 g/mol. The number of carbonyl (C=O) groups is 2. The number of halogens is 1. The van der Waals surface area contributed by atoms with Crippen molar-refractivity contribution < 1.29 is 32.2 Å². The van der Waals surface area contributed by atoms with Gasteiger partial charge in [-0.15, -0.1) is 0 Å². The zero-order valence-electron chi connectivity index (χ0n) is 16.2. The van der Waals surface area contributed by atoms with Gasteiger partial charge < -0.3 is 14.2 Å². The summed E-state index contributed by atoms with van der Waals surface area (Å²) in [7, 11) is -2.55. The van der Waals surface area contributed by atoms with Crippen LogP contribution in [0.15, 0.2) is 47.4 Å². The minimum absolute atomic E-state index is 0.00783. The molecule has 10 heteroatoms. The molecule has 0 aromatic heterocycles. The van der Waals surface area contributed by atoms with Crippen molar-refractivity contribution >= 4 is 33.4 Å². The molecule has 1 fully saturated rings. The number of hydrogen-bond donors (Lipinski definition) is 0. The third-order valence-corrected chi connectivity index (χ3v) is 6.66. The van der Waals surface area contributed by atoms with Crippen LogP contribution >= 0.6 is 11.6 Å². The van der Waals surface area contributed by atoms with Gasteiger partial charge in [0, 0.05) is 23.7 Å². The molecule has 0 aliphatic carbocycles. The van der Waals surface area contributed by atoms with E-state index in [0.717, 1.165) is 0 Å². The Labute approximate surface area is 179 Å². The van der Waals surface area contributed by atoms with Gasteiger partial charge in [0.2, 0.25) is 10.0 Å². The number of Topliss-reactive ketones (excluding diaryl/α,β-unsaturated/α-hetero) is 1. The molecule has 0 amide bonds. The summed E-state index contributed by atoms with van der Waals surface area (Å²) in [5, 5.41) is 0.482. The van der Waals surface area contributed by atoms with E-state index in [1.54, 1.807) is 12.1 Å². The van der Waals surface area contributed by atoms with Crippen LogP contribution in [0, 0.1) is 0 Å². The van der Waals surface area contributed by atoms with Gasteiger partial charge in [-0.05, 0) is 42.5 Å². The minimum Gasteiger partial charge on any atom is -0.495 e. The maximum absolute atomic E-state index is 13.0. The van der Waals surface area contributed by atoms with Crippen molar-refractivity contribution in [3.63, 3.8) is 0 Å². The van der Waals surface area contributed by atoms with Crippen LogP contribution in [-0.2, 0) is 19.5 Å². The van der Waals surface area contributed by atoms with Gasteiger partial charge in [-0.3, -0.25) is 4.79 Å². The number of ketones is 1. The first-order chi connectivity index (χ1) is 14.3. The molecule has 160 valence electrons. The van der Waals surface area contributed by atoms with Crippen LogP contribution in [0.2, 0.25) is 5.02 Å². The fourth-order valence-corrected chi connectivity index (χ4v) is 4.58. The first-order valence-electron chi connectivity index (χ1n) is 9.05. The Balaban J connectivity index is 1.77. The fraction of sp³-hybridized carbons (Fsp3) is 0.300. The maximum atomic E-state index is 13.0. The van der Waals surface area contributed by atoms with Crippen molar-refractivity contribution in [2.75, 3.05) is 40.0 Å². The van der Waals surface area contributed by atoms with Crippen molar-refractivity contribution in [3.05, 3.63) is 58.6 Å². The number of benzene rings is 2. The Morgan fingerprint density at radius 3 is 2.33 bits per heavy atom. The highest BCUT2D eigenvalue weighted by atomic mass is 35.5. The molecule has 2 aromatic carbocycles. The van der Waals surface area contributed by atoms with Gasteiger partial charge >= 0.3 is 5.97 Å². The molecule has 0 saturated carbocycles. The normalized spacial score (nSPS) is 14.9. The second-order valence-corrected chi connectivity index (χ2v) is 8.73. The zero-order chi connectivity index (χ0) is 21.7. The molecule has 0 radical (unpaired) electrons. The molecule has 0 atom stereocenters. The Kier molecular flexibility index (Phi) is 7.09. The second kappa shape index (κ2) is 9.57. The quantitative estimate of drug-likeness (QED) is 0.469. The molecule has 1 aliphatic heterocycles. The van der Waals surface area contributed by atoms with Gasteiger partial charge in [0.15, 0.2) is 12.4 Å². The maximum Gasteiger partial charge on any atom is 0.338 e. The van der Waals surface area contributed by atoms with E-state index in [2.05, 4.69) is 0 Å². The SMILES string of the molecule is COc1ccc(C(=O)OCC(=O)c2ccc(Cl)cc2)cc1S(=O)(=O)N1CCOCC1. The molecule has 3 rings (SSSR count). The average Bonchev–Trinajstić information content (AvgIpc) is 2.77. The lowest BCUT2D eigenvalue weighted by Crippen LogP contribution is -2.40. The van der Waals surface area contributed by atoms with Gasteiger partial charge in [0.05, 0.1) is 25.9 Å². The molecule has 0 unspecified atom stereocenters. The fourth-order valence-electron chi connectivity index (χ4n) is 2.86. The summed E-state index contributed by atoms with van der Waals surface area (Å²) in [6.07, 6.45) is 0. The highest BCUT2D eigenvalue weighted by Gasteiger charge is 2.30. The predicted octanol–water partition coefficient (Wildman–Crippen LogP) is 2.41. The van der Waals surface area contributed by atoms with Gasteiger partial charge in [0.1, 0.15) is 10.6 Å². The van der Waals surface area contributed by atoms with E-state index < -0.39 is 28.4 Å². The lowest BCUT2D eigenvalue weighted by Gasteiger charge is -2.26. The van der Waals surface area contributed by atoms with E-state index in [1.807, 2.05) is 0 Å². The number of esters is 1. The van der Waals surface area contributed by atoms with Crippen LogP contribution in [0.1, 0.15) is 20.7 Å². The van der Waals surface area contributed by atoms with Crippen molar-refractivity contribution in [3.8, 4) is 5.75 Å². The number of hydrogen-bond acceptors (Lipinski definition) is 7. The molecule has 1 saturated heterocycles. The van der Waals surface area contributed by atoms with Crippen LogP contribution in [0.3, 0.4) is 0 Å². The van der Waals surface area contributed by atoms with Crippen LogP contribution in [0.5, 0.6) is 5.75 Å². The topological polar surface area (TPSA) is 99.2 Å². The van der Waals surface area contributed by atoms with E-state index in [9.17, 15) is 18.0 Å². The van der Waals surface area contributed by atoms with E-state index in [0.29, 0.717) is 10.6 Å². The van der Waals surface area contributed by atoms with Crippen LogP contribution in [0.4, 0.5) is 0 Å². The summed E-state index contributed by atoms with van der Waals surface area (Å²) in [6.45, 7) is 0.496. The first-order valence-corrected chi connectivity index (χ1v) is 10.9. The summed E-state index contributed by atoms with van der Waals surface area (Å²) < 4.78 is 42.7. The summed E-state index contributed by atoms with van der Waals surface area (Å²) in [6, 6.07) is 10.1. The van der Waals surface area contributed by atoms with Gasteiger partial charge in [0.25, 0.3) is 0 Å². The molecule has 1 aliphatic rings. The highest BCUT2D eigenvalue weighted by molar-refractivity contribution is 7.89. The smallest absolute Gasteiger partial charge is 0.338 e. The van der Waals surface area contributed by atoms with E-state index >= 15 is 0 Å². The molecule has 8 nitrogen and oxygen atoms in total. The largest absolute Gasteiger partial charge is 0.495 e.